The van der Waals surface area contributed by atoms with E-state index in [4.69, 9.17) is 9.47 Å². The van der Waals surface area contributed by atoms with Crippen LogP contribution in [0, 0.1) is 0 Å². The van der Waals surface area contributed by atoms with E-state index in [1.165, 1.54) is 0 Å². The molecule has 0 amide bonds. The first-order valence-electron chi connectivity index (χ1n) is 5.87. The largest absolute Gasteiger partial charge is 0.352 e. The van der Waals surface area contributed by atoms with E-state index in [1.807, 2.05) is 20.8 Å². The molecule has 5 heteroatoms. The third kappa shape index (κ3) is 8.21. The number of rotatable bonds is 10. The highest BCUT2D eigenvalue weighted by molar-refractivity contribution is 7.84. The lowest BCUT2D eigenvalue weighted by atomic mass is 10.3. The molecular weight excluding hydrogens is 226 g/mol. The zero-order valence-electron chi connectivity index (χ0n) is 10.8. The van der Waals surface area contributed by atoms with E-state index >= 15 is 0 Å². The molecule has 1 N–H and O–H groups in total. The summed E-state index contributed by atoms with van der Waals surface area (Å²) in [7, 11) is -0.734. The highest BCUT2D eigenvalue weighted by Gasteiger charge is 2.08. The highest BCUT2D eigenvalue weighted by atomic mass is 32.2. The average molecular weight is 251 g/mol. The van der Waals surface area contributed by atoms with E-state index in [0.717, 1.165) is 13.0 Å². The van der Waals surface area contributed by atoms with Gasteiger partial charge in [-0.2, -0.15) is 0 Å². The molecule has 0 aliphatic carbocycles. The maximum Gasteiger partial charge on any atom is 0.169 e. The summed E-state index contributed by atoms with van der Waals surface area (Å²) in [6.07, 6.45) is 2.49. The normalized spacial score (nSPS) is 15.3. The van der Waals surface area contributed by atoms with Crippen molar-refractivity contribution in [3.63, 3.8) is 0 Å². The predicted molar refractivity (Wildman–Crippen MR) is 68.1 cm³/mol. The summed E-state index contributed by atoms with van der Waals surface area (Å²) in [5, 5.41) is 3.50. The van der Waals surface area contributed by atoms with Crippen molar-refractivity contribution >= 4 is 10.8 Å². The Bertz CT molecular complexity index is 184. The first-order chi connectivity index (χ1) is 7.61. The molecule has 0 fully saturated rings. The molecule has 4 nitrogen and oxygen atoms in total. The van der Waals surface area contributed by atoms with E-state index in [1.54, 1.807) is 6.26 Å². The van der Waals surface area contributed by atoms with Crippen LogP contribution in [0.4, 0.5) is 0 Å². The second-order valence-corrected chi connectivity index (χ2v) is 5.44. The van der Waals surface area contributed by atoms with Crippen LogP contribution in [0.3, 0.4) is 0 Å². The molecule has 0 bridgehead atoms. The molecule has 0 aromatic heterocycles. The van der Waals surface area contributed by atoms with Crippen LogP contribution in [0.15, 0.2) is 0 Å². The van der Waals surface area contributed by atoms with Gasteiger partial charge >= 0.3 is 0 Å². The lowest BCUT2D eigenvalue weighted by Crippen LogP contribution is -2.33. The first-order valence-corrected chi connectivity index (χ1v) is 7.50. The molecule has 2 unspecified atom stereocenters. The smallest absolute Gasteiger partial charge is 0.169 e. The van der Waals surface area contributed by atoms with Crippen LogP contribution >= 0.6 is 0 Å². The lowest BCUT2D eigenvalue weighted by Gasteiger charge is -2.18. The summed E-state index contributed by atoms with van der Waals surface area (Å²) < 4.78 is 21.9. The Kier molecular flexibility index (Phi) is 10.2. The van der Waals surface area contributed by atoms with Crippen molar-refractivity contribution in [2.75, 3.05) is 32.6 Å². The molecule has 0 aliphatic rings. The fraction of sp³-hybridized carbons (Fsp3) is 1.00. The molecule has 2 atom stereocenters. The molecule has 0 rings (SSSR count). The first kappa shape index (κ1) is 16.0. The van der Waals surface area contributed by atoms with Gasteiger partial charge in [-0.05, 0) is 26.8 Å². The van der Waals surface area contributed by atoms with E-state index in [9.17, 15) is 4.21 Å². The highest BCUT2D eigenvalue weighted by Crippen LogP contribution is 1.98. The molecular formula is C11H25NO3S. The van der Waals surface area contributed by atoms with Crippen LogP contribution in [-0.2, 0) is 20.3 Å². The van der Waals surface area contributed by atoms with Gasteiger partial charge in [0.1, 0.15) is 0 Å². The molecule has 0 saturated heterocycles. The average Bonchev–Trinajstić information content (AvgIpc) is 2.24. The van der Waals surface area contributed by atoms with Gasteiger partial charge in [-0.3, -0.25) is 4.21 Å². The number of hydrogen-bond donors (Lipinski definition) is 1. The van der Waals surface area contributed by atoms with Crippen molar-refractivity contribution in [3.05, 3.63) is 0 Å². The van der Waals surface area contributed by atoms with Gasteiger partial charge < -0.3 is 14.8 Å². The van der Waals surface area contributed by atoms with Gasteiger partial charge in [-0.1, -0.05) is 6.92 Å². The van der Waals surface area contributed by atoms with Crippen molar-refractivity contribution in [1.82, 2.24) is 5.32 Å². The standard InChI is InChI=1S/C11H25NO3S/c1-5-14-11(15-6-2)9-12-8-7-10(3)16(4)13/h10-12H,5-9H2,1-4H3. The van der Waals surface area contributed by atoms with E-state index in [2.05, 4.69) is 5.32 Å². The van der Waals surface area contributed by atoms with Gasteiger partial charge in [-0.25, -0.2) is 0 Å². The molecule has 0 heterocycles. The van der Waals surface area contributed by atoms with Gasteiger partial charge in [0, 0.05) is 42.1 Å². The number of ether oxygens (including phenoxy) is 2. The molecule has 0 radical (unpaired) electrons. The van der Waals surface area contributed by atoms with Crippen molar-refractivity contribution < 1.29 is 13.7 Å². The molecule has 0 spiro atoms. The van der Waals surface area contributed by atoms with Crippen LogP contribution in [-0.4, -0.2) is 48.3 Å². The summed E-state index contributed by atoms with van der Waals surface area (Å²) in [5.41, 5.74) is 0. The van der Waals surface area contributed by atoms with Crippen LogP contribution in [0.25, 0.3) is 0 Å². The topological polar surface area (TPSA) is 47.6 Å². The van der Waals surface area contributed by atoms with Crippen molar-refractivity contribution in [2.45, 2.75) is 38.7 Å². The van der Waals surface area contributed by atoms with Crippen LogP contribution in [0.5, 0.6) is 0 Å². The Morgan fingerprint density at radius 3 is 2.25 bits per heavy atom. The Morgan fingerprint density at radius 1 is 1.25 bits per heavy atom. The predicted octanol–water partition coefficient (Wildman–Crippen LogP) is 1.13. The molecule has 0 aromatic carbocycles. The third-order valence-electron chi connectivity index (χ3n) is 2.31. The third-order valence-corrected chi connectivity index (χ3v) is 3.68. The van der Waals surface area contributed by atoms with E-state index in [0.29, 0.717) is 19.8 Å². The molecule has 0 aromatic rings. The molecule has 98 valence electrons. The number of hydrogen-bond acceptors (Lipinski definition) is 4. The fourth-order valence-corrected chi connectivity index (χ4v) is 1.68. The van der Waals surface area contributed by atoms with Crippen LogP contribution < -0.4 is 5.32 Å². The van der Waals surface area contributed by atoms with Gasteiger partial charge in [0.2, 0.25) is 0 Å². The van der Waals surface area contributed by atoms with Crippen molar-refractivity contribution in [2.24, 2.45) is 0 Å². The van der Waals surface area contributed by atoms with E-state index in [-0.39, 0.29) is 11.5 Å². The summed E-state index contributed by atoms with van der Waals surface area (Å²) >= 11 is 0. The van der Waals surface area contributed by atoms with Gasteiger partial charge in [0.05, 0.1) is 0 Å². The van der Waals surface area contributed by atoms with Gasteiger partial charge in [0.15, 0.2) is 6.29 Å². The summed E-state index contributed by atoms with van der Waals surface area (Å²) in [6.45, 7) is 8.74. The summed E-state index contributed by atoms with van der Waals surface area (Å²) in [4.78, 5) is 0. The molecule has 0 aliphatic heterocycles. The SMILES string of the molecule is CCOC(CNCCC(C)S(C)=O)OCC. The maximum absolute atomic E-state index is 11.1. The Balaban J connectivity index is 3.57. The Hall–Kier alpha value is 0.0300. The Labute approximate surface area is 102 Å². The zero-order valence-corrected chi connectivity index (χ0v) is 11.6. The van der Waals surface area contributed by atoms with E-state index < -0.39 is 10.8 Å². The summed E-state index contributed by atoms with van der Waals surface area (Å²) in [5.74, 6) is 0. The lowest BCUT2D eigenvalue weighted by molar-refractivity contribution is -0.132. The quantitative estimate of drug-likeness (QED) is 0.467. The fourth-order valence-electron chi connectivity index (χ4n) is 1.23. The zero-order chi connectivity index (χ0) is 12.4. The molecule has 16 heavy (non-hydrogen) atoms. The monoisotopic (exact) mass is 251 g/mol. The second-order valence-electron chi connectivity index (χ2n) is 3.64. The maximum atomic E-state index is 11.1. The van der Waals surface area contributed by atoms with Crippen molar-refractivity contribution in [3.8, 4) is 0 Å². The van der Waals surface area contributed by atoms with Gasteiger partial charge in [0.25, 0.3) is 0 Å². The van der Waals surface area contributed by atoms with Crippen LogP contribution in [0.2, 0.25) is 0 Å². The van der Waals surface area contributed by atoms with Crippen molar-refractivity contribution in [1.29, 1.82) is 0 Å². The molecule has 0 saturated carbocycles. The second kappa shape index (κ2) is 10.2. The minimum absolute atomic E-state index is 0.169. The minimum Gasteiger partial charge on any atom is -0.352 e. The van der Waals surface area contributed by atoms with Crippen LogP contribution in [0.1, 0.15) is 27.2 Å². The summed E-state index contributed by atoms with van der Waals surface area (Å²) in [6, 6.07) is 0. The number of nitrogens with one attached hydrogen (secondary N) is 1. The minimum atomic E-state index is -0.734. The Morgan fingerprint density at radius 2 is 1.81 bits per heavy atom. The van der Waals surface area contributed by atoms with Gasteiger partial charge in [-0.15, -0.1) is 0 Å².